The quantitative estimate of drug-likeness (QED) is 0.808. The van der Waals surface area contributed by atoms with Crippen LogP contribution in [0.1, 0.15) is 19.4 Å². The number of benzene rings is 1. The summed E-state index contributed by atoms with van der Waals surface area (Å²) in [5.74, 6) is -0.184. The standard InChI is InChI=1S/C14H23FN2O/c1-5-16-9-12-7-6-8-13(15)14(12)17(3)11(2)10-18-4/h6-8,11,16H,5,9-10H2,1-4H3. The zero-order valence-corrected chi connectivity index (χ0v) is 11.7. The van der Waals surface area contributed by atoms with Crippen LogP contribution in [0.15, 0.2) is 18.2 Å². The Hall–Kier alpha value is -1.13. The maximum atomic E-state index is 14.0. The number of rotatable bonds is 7. The molecule has 0 bridgehead atoms. The van der Waals surface area contributed by atoms with Crippen molar-refractivity contribution in [3.05, 3.63) is 29.6 Å². The largest absolute Gasteiger partial charge is 0.383 e. The number of para-hydroxylation sites is 1. The zero-order valence-electron chi connectivity index (χ0n) is 11.7. The van der Waals surface area contributed by atoms with Gasteiger partial charge in [-0.25, -0.2) is 4.39 Å². The first-order valence-corrected chi connectivity index (χ1v) is 6.31. The molecule has 0 aliphatic rings. The van der Waals surface area contributed by atoms with E-state index >= 15 is 0 Å². The summed E-state index contributed by atoms with van der Waals surface area (Å²) in [4.78, 5) is 1.94. The molecule has 0 fully saturated rings. The molecule has 3 nitrogen and oxygen atoms in total. The fourth-order valence-electron chi connectivity index (χ4n) is 1.93. The first-order chi connectivity index (χ1) is 8.61. The van der Waals surface area contributed by atoms with Gasteiger partial charge >= 0.3 is 0 Å². The van der Waals surface area contributed by atoms with Crippen molar-refractivity contribution in [3.63, 3.8) is 0 Å². The Bertz CT molecular complexity index is 371. The minimum Gasteiger partial charge on any atom is -0.383 e. The second-order valence-corrected chi connectivity index (χ2v) is 4.44. The summed E-state index contributed by atoms with van der Waals surface area (Å²) in [6, 6.07) is 5.34. The molecule has 0 aliphatic heterocycles. The number of ether oxygens (including phenoxy) is 1. The fourth-order valence-corrected chi connectivity index (χ4v) is 1.93. The topological polar surface area (TPSA) is 24.5 Å². The molecule has 0 heterocycles. The lowest BCUT2D eigenvalue weighted by Crippen LogP contribution is -2.34. The van der Waals surface area contributed by atoms with Crippen LogP contribution < -0.4 is 10.2 Å². The van der Waals surface area contributed by atoms with Gasteiger partial charge in [-0.3, -0.25) is 0 Å². The monoisotopic (exact) mass is 254 g/mol. The summed E-state index contributed by atoms with van der Waals surface area (Å²) in [5.41, 5.74) is 1.63. The minimum atomic E-state index is -0.184. The van der Waals surface area contributed by atoms with Crippen molar-refractivity contribution in [2.75, 3.05) is 32.2 Å². The molecule has 0 aliphatic carbocycles. The number of nitrogens with one attached hydrogen (secondary N) is 1. The van der Waals surface area contributed by atoms with Crippen LogP contribution >= 0.6 is 0 Å². The van der Waals surface area contributed by atoms with E-state index in [1.165, 1.54) is 6.07 Å². The molecule has 0 saturated heterocycles. The van der Waals surface area contributed by atoms with Gasteiger partial charge in [0.15, 0.2) is 0 Å². The van der Waals surface area contributed by atoms with Crippen LogP contribution in [0, 0.1) is 5.82 Å². The van der Waals surface area contributed by atoms with Gasteiger partial charge in [0.25, 0.3) is 0 Å². The minimum absolute atomic E-state index is 0.132. The van der Waals surface area contributed by atoms with Crippen molar-refractivity contribution >= 4 is 5.69 Å². The van der Waals surface area contributed by atoms with Crippen LogP contribution in [-0.2, 0) is 11.3 Å². The molecule has 1 rings (SSSR count). The van der Waals surface area contributed by atoms with Crippen LogP contribution in [0.5, 0.6) is 0 Å². The number of likely N-dealkylation sites (N-methyl/N-ethyl adjacent to an activating group) is 1. The molecule has 1 atom stereocenters. The Labute approximate surface area is 109 Å². The van der Waals surface area contributed by atoms with E-state index in [1.807, 2.05) is 31.9 Å². The molecule has 18 heavy (non-hydrogen) atoms. The third-order valence-corrected chi connectivity index (χ3v) is 3.06. The van der Waals surface area contributed by atoms with Gasteiger partial charge in [-0.1, -0.05) is 19.1 Å². The van der Waals surface area contributed by atoms with E-state index < -0.39 is 0 Å². The third kappa shape index (κ3) is 3.68. The van der Waals surface area contributed by atoms with E-state index in [1.54, 1.807) is 13.2 Å². The van der Waals surface area contributed by atoms with Gasteiger partial charge in [0.1, 0.15) is 5.82 Å². The number of hydrogen-bond donors (Lipinski definition) is 1. The van der Waals surface area contributed by atoms with E-state index in [0.717, 1.165) is 12.1 Å². The molecular formula is C14H23FN2O. The number of nitrogens with zero attached hydrogens (tertiary/aromatic N) is 1. The van der Waals surface area contributed by atoms with Gasteiger partial charge in [0.2, 0.25) is 0 Å². The molecular weight excluding hydrogens is 231 g/mol. The normalized spacial score (nSPS) is 12.5. The highest BCUT2D eigenvalue weighted by Gasteiger charge is 2.17. The van der Waals surface area contributed by atoms with Crippen LogP contribution in [0.2, 0.25) is 0 Å². The molecule has 1 N–H and O–H groups in total. The Morgan fingerprint density at radius 1 is 1.44 bits per heavy atom. The number of anilines is 1. The Morgan fingerprint density at radius 2 is 2.17 bits per heavy atom. The molecule has 1 aromatic rings. The maximum absolute atomic E-state index is 14.0. The Morgan fingerprint density at radius 3 is 2.78 bits per heavy atom. The second kappa shape index (κ2) is 7.34. The van der Waals surface area contributed by atoms with Crippen LogP contribution in [0.4, 0.5) is 10.1 Å². The van der Waals surface area contributed by atoms with Gasteiger partial charge < -0.3 is 15.0 Å². The van der Waals surface area contributed by atoms with Crippen LogP contribution in [-0.4, -0.2) is 33.4 Å². The van der Waals surface area contributed by atoms with E-state index in [0.29, 0.717) is 18.8 Å². The summed E-state index contributed by atoms with van der Waals surface area (Å²) in [6.45, 7) is 6.18. The average Bonchev–Trinajstić information content (AvgIpc) is 2.36. The molecule has 0 amide bonds. The first-order valence-electron chi connectivity index (χ1n) is 6.31. The summed E-state index contributed by atoms with van der Waals surface area (Å²) in [5, 5.41) is 3.23. The number of hydrogen-bond acceptors (Lipinski definition) is 3. The molecule has 1 unspecified atom stereocenters. The predicted octanol–water partition coefficient (Wildman–Crippen LogP) is 2.41. The zero-order chi connectivity index (χ0) is 13.5. The van der Waals surface area contributed by atoms with Crippen LogP contribution in [0.25, 0.3) is 0 Å². The van der Waals surface area contributed by atoms with Crippen LogP contribution in [0.3, 0.4) is 0 Å². The fraction of sp³-hybridized carbons (Fsp3) is 0.571. The summed E-state index contributed by atoms with van der Waals surface area (Å²) in [6.07, 6.45) is 0. The van der Waals surface area contributed by atoms with Gasteiger partial charge in [-0.2, -0.15) is 0 Å². The van der Waals surface area contributed by atoms with Gasteiger partial charge in [-0.15, -0.1) is 0 Å². The van der Waals surface area contributed by atoms with Crippen molar-refractivity contribution in [3.8, 4) is 0 Å². The molecule has 0 aromatic heterocycles. The second-order valence-electron chi connectivity index (χ2n) is 4.44. The summed E-state index contributed by atoms with van der Waals surface area (Å²) < 4.78 is 19.1. The molecule has 0 radical (unpaired) electrons. The first kappa shape index (κ1) is 14.9. The Kier molecular flexibility index (Phi) is 6.09. The van der Waals surface area contributed by atoms with Crippen molar-refractivity contribution in [2.45, 2.75) is 26.4 Å². The maximum Gasteiger partial charge on any atom is 0.146 e. The van der Waals surface area contributed by atoms with Gasteiger partial charge in [0.05, 0.1) is 12.3 Å². The van der Waals surface area contributed by atoms with Crippen molar-refractivity contribution in [1.29, 1.82) is 0 Å². The predicted molar refractivity (Wildman–Crippen MR) is 73.5 cm³/mol. The summed E-state index contributed by atoms with van der Waals surface area (Å²) >= 11 is 0. The highest BCUT2D eigenvalue weighted by atomic mass is 19.1. The van der Waals surface area contributed by atoms with Gasteiger partial charge in [-0.05, 0) is 25.1 Å². The third-order valence-electron chi connectivity index (χ3n) is 3.06. The highest BCUT2D eigenvalue weighted by Crippen LogP contribution is 2.25. The van der Waals surface area contributed by atoms with Crippen molar-refractivity contribution in [1.82, 2.24) is 5.32 Å². The van der Waals surface area contributed by atoms with E-state index in [2.05, 4.69) is 5.32 Å². The molecule has 0 saturated carbocycles. The SMILES string of the molecule is CCNCc1cccc(F)c1N(C)C(C)COC. The lowest BCUT2D eigenvalue weighted by Gasteiger charge is -2.29. The lowest BCUT2D eigenvalue weighted by molar-refractivity contribution is 0.183. The van der Waals surface area contributed by atoms with Gasteiger partial charge in [0, 0.05) is 26.7 Å². The van der Waals surface area contributed by atoms with Crippen molar-refractivity contribution < 1.29 is 9.13 Å². The molecule has 0 spiro atoms. The van der Waals surface area contributed by atoms with Crippen molar-refractivity contribution in [2.24, 2.45) is 0 Å². The lowest BCUT2D eigenvalue weighted by atomic mass is 10.1. The molecule has 1 aromatic carbocycles. The molecule has 102 valence electrons. The molecule has 4 heteroatoms. The average molecular weight is 254 g/mol. The Balaban J connectivity index is 2.97. The van der Waals surface area contributed by atoms with E-state index in [-0.39, 0.29) is 11.9 Å². The summed E-state index contributed by atoms with van der Waals surface area (Å²) in [7, 11) is 3.56. The van der Waals surface area contributed by atoms with E-state index in [9.17, 15) is 4.39 Å². The highest BCUT2D eigenvalue weighted by molar-refractivity contribution is 5.55. The van der Waals surface area contributed by atoms with E-state index in [4.69, 9.17) is 4.74 Å². The number of halogens is 1. The number of methoxy groups -OCH3 is 1. The smallest absolute Gasteiger partial charge is 0.146 e.